The normalized spacial score (nSPS) is 12.5. The number of rotatable bonds is 3. The van der Waals surface area contributed by atoms with Gasteiger partial charge in [-0.05, 0) is 28.5 Å². The molecule has 0 aliphatic carbocycles. The van der Waals surface area contributed by atoms with E-state index < -0.39 is 6.10 Å². The molecule has 0 saturated heterocycles. The maximum Gasteiger partial charge on any atom is 0.0851 e. The molecule has 1 atom stereocenters. The first kappa shape index (κ1) is 11.9. The van der Waals surface area contributed by atoms with Gasteiger partial charge in [0.1, 0.15) is 0 Å². The lowest BCUT2D eigenvalue weighted by Crippen LogP contribution is -2.03. The summed E-state index contributed by atoms with van der Waals surface area (Å²) >= 11 is 0. The van der Waals surface area contributed by atoms with E-state index in [9.17, 15) is 5.11 Å². The second kappa shape index (κ2) is 5.21. The summed E-state index contributed by atoms with van der Waals surface area (Å²) in [5, 5.41) is 12.7. The minimum Gasteiger partial charge on any atom is -0.388 e. The Morgan fingerprint density at radius 3 is 2.53 bits per heavy atom. The molecule has 2 aromatic carbocycles. The predicted octanol–water partition coefficient (Wildman–Crippen LogP) is 3.51. The van der Waals surface area contributed by atoms with Gasteiger partial charge in [0.15, 0.2) is 0 Å². The summed E-state index contributed by atoms with van der Waals surface area (Å²) in [4.78, 5) is 4.26. The Bertz CT molecular complexity index is 674. The van der Waals surface area contributed by atoms with E-state index in [2.05, 4.69) is 17.1 Å². The van der Waals surface area contributed by atoms with E-state index in [1.807, 2.05) is 48.5 Å². The van der Waals surface area contributed by atoms with Gasteiger partial charge in [-0.25, -0.2) is 0 Å². The fraction of sp³-hybridized carbons (Fsp3) is 0.118. The number of nitrogens with zero attached hydrogens (tertiary/aromatic N) is 1. The summed E-state index contributed by atoms with van der Waals surface area (Å²) < 4.78 is 0. The van der Waals surface area contributed by atoms with E-state index in [1.54, 1.807) is 6.20 Å². The summed E-state index contributed by atoms with van der Waals surface area (Å²) in [6.07, 6.45) is 1.76. The minimum absolute atomic E-state index is 0.527. The van der Waals surface area contributed by atoms with Crippen molar-refractivity contribution < 1.29 is 5.11 Å². The van der Waals surface area contributed by atoms with Crippen LogP contribution in [0.25, 0.3) is 10.8 Å². The molecule has 0 aliphatic heterocycles. The molecule has 0 saturated carbocycles. The average molecular weight is 249 g/mol. The van der Waals surface area contributed by atoms with E-state index in [0.29, 0.717) is 6.42 Å². The molecule has 19 heavy (non-hydrogen) atoms. The lowest BCUT2D eigenvalue weighted by atomic mass is 9.98. The molecule has 1 aromatic heterocycles. The Labute approximate surface area is 112 Å². The molecular weight excluding hydrogens is 234 g/mol. The molecule has 3 rings (SSSR count). The van der Waals surface area contributed by atoms with E-state index in [4.69, 9.17) is 0 Å². The SMILES string of the molecule is O[C@@H](Cc1ccccn1)c1cccc2ccccc12. The third-order valence-electron chi connectivity index (χ3n) is 3.31. The number of fused-ring (bicyclic) bond motifs is 1. The van der Waals surface area contributed by atoms with Crippen LogP contribution in [0, 0.1) is 0 Å². The molecule has 0 unspecified atom stereocenters. The molecule has 0 radical (unpaired) electrons. The van der Waals surface area contributed by atoms with Crippen LogP contribution < -0.4 is 0 Å². The number of aliphatic hydroxyl groups is 1. The Balaban J connectivity index is 1.96. The first-order chi connectivity index (χ1) is 9.34. The molecule has 2 nitrogen and oxygen atoms in total. The van der Waals surface area contributed by atoms with Gasteiger partial charge in [0.25, 0.3) is 0 Å². The van der Waals surface area contributed by atoms with E-state index >= 15 is 0 Å². The molecule has 2 heteroatoms. The monoisotopic (exact) mass is 249 g/mol. The second-order valence-electron chi connectivity index (χ2n) is 4.61. The van der Waals surface area contributed by atoms with Gasteiger partial charge in [-0.2, -0.15) is 0 Å². The highest BCUT2D eigenvalue weighted by molar-refractivity contribution is 5.85. The minimum atomic E-state index is -0.527. The lowest BCUT2D eigenvalue weighted by Gasteiger charge is -2.13. The van der Waals surface area contributed by atoms with Crippen LogP contribution in [0.1, 0.15) is 17.4 Å². The topological polar surface area (TPSA) is 33.1 Å². The highest BCUT2D eigenvalue weighted by Gasteiger charge is 2.12. The van der Waals surface area contributed by atoms with Crippen molar-refractivity contribution in [2.75, 3.05) is 0 Å². The van der Waals surface area contributed by atoms with E-state index in [1.165, 1.54) is 0 Å². The van der Waals surface area contributed by atoms with Gasteiger partial charge >= 0.3 is 0 Å². The van der Waals surface area contributed by atoms with Crippen molar-refractivity contribution in [1.29, 1.82) is 0 Å². The van der Waals surface area contributed by atoms with Gasteiger partial charge < -0.3 is 5.11 Å². The number of hydrogen-bond acceptors (Lipinski definition) is 2. The molecule has 1 heterocycles. The molecular formula is C17H15NO. The van der Waals surface area contributed by atoms with Crippen LogP contribution in [-0.4, -0.2) is 10.1 Å². The summed E-state index contributed by atoms with van der Waals surface area (Å²) in [5.41, 5.74) is 1.87. The van der Waals surface area contributed by atoms with Crippen LogP contribution in [0.2, 0.25) is 0 Å². The van der Waals surface area contributed by atoms with Crippen molar-refractivity contribution in [1.82, 2.24) is 4.98 Å². The zero-order chi connectivity index (χ0) is 13.1. The fourth-order valence-electron chi connectivity index (χ4n) is 2.37. The molecule has 0 fully saturated rings. The van der Waals surface area contributed by atoms with Crippen molar-refractivity contribution in [2.24, 2.45) is 0 Å². The zero-order valence-electron chi connectivity index (χ0n) is 10.5. The molecule has 0 spiro atoms. The fourth-order valence-corrected chi connectivity index (χ4v) is 2.37. The van der Waals surface area contributed by atoms with Crippen LogP contribution in [0.3, 0.4) is 0 Å². The Morgan fingerprint density at radius 2 is 1.68 bits per heavy atom. The Morgan fingerprint density at radius 1 is 0.895 bits per heavy atom. The van der Waals surface area contributed by atoms with Crippen molar-refractivity contribution in [3.05, 3.63) is 78.1 Å². The smallest absolute Gasteiger partial charge is 0.0851 e. The van der Waals surface area contributed by atoms with Crippen LogP contribution in [0.15, 0.2) is 66.9 Å². The lowest BCUT2D eigenvalue weighted by molar-refractivity contribution is 0.179. The van der Waals surface area contributed by atoms with Crippen molar-refractivity contribution in [2.45, 2.75) is 12.5 Å². The highest BCUT2D eigenvalue weighted by Crippen LogP contribution is 2.26. The van der Waals surface area contributed by atoms with Gasteiger partial charge in [-0.1, -0.05) is 48.5 Å². The third kappa shape index (κ3) is 2.49. The largest absolute Gasteiger partial charge is 0.388 e. The summed E-state index contributed by atoms with van der Waals surface area (Å²) in [6.45, 7) is 0. The number of aromatic nitrogens is 1. The molecule has 1 N–H and O–H groups in total. The summed E-state index contributed by atoms with van der Waals surface area (Å²) in [6, 6.07) is 19.9. The van der Waals surface area contributed by atoms with Crippen LogP contribution in [0.4, 0.5) is 0 Å². The maximum absolute atomic E-state index is 10.4. The van der Waals surface area contributed by atoms with Gasteiger partial charge in [-0.3, -0.25) is 4.98 Å². The third-order valence-corrected chi connectivity index (χ3v) is 3.31. The van der Waals surface area contributed by atoms with Crippen LogP contribution >= 0.6 is 0 Å². The average Bonchev–Trinajstić information content (AvgIpc) is 2.47. The van der Waals surface area contributed by atoms with Crippen molar-refractivity contribution >= 4 is 10.8 Å². The number of pyridine rings is 1. The number of hydrogen-bond donors (Lipinski definition) is 1. The molecule has 3 aromatic rings. The number of benzene rings is 2. The van der Waals surface area contributed by atoms with Gasteiger partial charge in [0, 0.05) is 18.3 Å². The summed E-state index contributed by atoms with van der Waals surface area (Å²) in [7, 11) is 0. The highest BCUT2D eigenvalue weighted by atomic mass is 16.3. The Hall–Kier alpha value is -2.19. The Kier molecular flexibility index (Phi) is 3.25. The van der Waals surface area contributed by atoms with Crippen molar-refractivity contribution in [3.63, 3.8) is 0 Å². The van der Waals surface area contributed by atoms with Gasteiger partial charge in [0.05, 0.1) is 6.10 Å². The molecule has 0 aliphatic rings. The van der Waals surface area contributed by atoms with Crippen molar-refractivity contribution in [3.8, 4) is 0 Å². The first-order valence-corrected chi connectivity index (χ1v) is 6.40. The molecule has 0 amide bonds. The van der Waals surface area contributed by atoms with Crippen LogP contribution in [0.5, 0.6) is 0 Å². The maximum atomic E-state index is 10.4. The zero-order valence-corrected chi connectivity index (χ0v) is 10.5. The van der Waals surface area contributed by atoms with Gasteiger partial charge in [0.2, 0.25) is 0 Å². The quantitative estimate of drug-likeness (QED) is 0.770. The molecule has 94 valence electrons. The summed E-state index contributed by atoms with van der Waals surface area (Å²) in [5.74, 6) is 0. The number of aliphatic hydroxyl groups excluding tert-OH is 1. The van der Waals surface area contributed by atoms with E-state index in [-0.39, 0.29) is 0 Å². The standard InChI is InChI=1S/C17H15NO/c19-17(12-14-8-3-4-11-18-14)16-10-5-7-13-6-1-2-9-15(13)16/h1-11,17,19H,12H2/t17-/m0/s1. The predicted molar refractivity (Wildman–Crippen MR) is 76.8 cm³/mol. The van der Waals surface area contributed by atoms with Crippen LogP contribution in [-0.2, 0) is 6.42 Å². The van der Waals surface area contributed by atoms with Gasteiger partial charge in [-0.15, -0.1) is 0 Å². The second-order valence-corrected chi connectivity index (χ2v) is 4.61. The first-order valence-electron chi connectivity index (χ1n) is 6.40. The molecule has 0 bridgehead atoms. The van der Waals surface area contributed by atoms with E-state index in [0.717, 1.165) is 22.0 Å².